The van der Waals surface area contributed by atoms with E-state index in [0.717, 1.165) is 18.4 Å². The molecule has 2 unspecified atom stereocenters. The zero-order valence-corrected chi connectivity index (χ0v) is 13.3. The first-order valence-corrected chi connectivity index (χ1v) is 8.55. The molecule has 0 amide bonds. The lowest BCUT2D eigenvalue weighted by Gasteiger charge is -2.61. The van der Waals surface area contributed by atoms with Crippen LogP contribution in [0.3, 0.4) is 0 Å². The lowest BCUT2D eigenvalue weighted by molar-refractivity contribution is -0.403. The van der Waals surface area contributed by atoms with E-state index in [-0.39, 0.29) is 0 Å². The number of halogens is 2. The smallest absolute Gasteiger partial charge is 0.0797 e. The van der Waals surface area contributed by atoms with Gasteiger partial charge in [0, 0.05) is 5.41 Å². The molecular weight excluding hydrogens is 289 g/mol. The molecule has 1 nitrogen and oxygen atoms in total. The van der Waals surface area contributed by atoms with Crippen molar-refractivity contribution in [1.29, 1.82) is 0 Å². The van der Waals surface area contributed by atoms with E-state index in [1.54, 1.807) is 0 Å². The number of benzene rings is 1. The molecule has 4 aliphatic carbocycles. The Morgan fingerprint density at radius 2 is 1.75 bits per heavy atom. The second-order valence-corrected chi connectivity index (χ2v) is 8.43. The van der Waals surface area contributed by atoms with E-state index in [1.165, 1.54) is 44.1 Å². The van der Waals surface area contributed by atoms with E-state index in [0.29, 0.717) is 20.9 Å². The molecule has 108 valence electrons. The summed E-state index contributed by atoms with van der Waals surface area (Å²) < 4.78 is 0. The first-order chi connectivity index (χ1) is 9.54. The van der Waals surface area contributed by atoms with Crippen LogP contribution in [0, 0.1) is 17.3 Å². The molecule has 0 heterocycles. The molecule has 4 saturated carbocycles. The summed E-state index contributed by atoms with van der Waals surface area (Å²) in [4.78, 5) is 0. The summed E-state index contributed by atoms with van der Waals surface area (Å²) in [5, 5.41) is 1.38. The van der Waals surface area contributed by atoms with E-state index in [1.807, 2.05) is 6.07 Å². The minimum atomic E-state index is 0.357. The lowest BCUT2D eigenvalue weighted by atomic mass is 9.43. The van der Waals surface area contributed by atoms with Gasteiger partial charge in [-0.15, -0.1) is 0 Å². The van der Waals surface area contributed by atoms with Crippen molar-refractivity contribution >= 4 is 23.2 Å². The maximum atomic E-state index is 6.28. The van der Waals surface area contributed by atoms with Crippen LogP contribution in [-0.4, -0.2) is 6.54 Å². The SMILES string of the molecule is [NH3+]CC12C[C@H]3C[C@@H](C1)CC(c1ccc(Cl)c(Cl)c1)(C3)C2. The molecule has 3 N–H and O–H groups in total. The average molecular weight is 311 g/mol. The molecule has 5 rings (SSSR count). The zero-order chi connectivity index (χ0) is 14.0. The fourth-order valence-corrected chi connectivity index (χ4v) is 6.21. The van der Waals surface area contributed by atoms with Gasteiger partial charge in [0.15, 0.2) is 0 Å². The van der Waals surface area contributed by atoms with E-state index >= 15 is 0 Å². The van der Waals surface area contributed by atoms with Crippen molar-refractivity contribution in [2.75, 3.05) is 6.54 Å². The molecule has 4 fully saturated rings. The average Bonchev–Trinajstić information content (AvgIpc) is 2.40. The maximum absolute atomic E-state index is 6.28. The normalized spacial score (nSPS) is 42.1. The number of hydrogen-bond acceptors (Lipinski definition) is 0. The molecule has 0 spiro atoms. The molecule has 0 saturated heterocycles. The summed E-state index contributed by atoms with van der Waals surface area (Å²) in [6.45, 7) is 1.10. The van der Waals surface area contributed by atoms with Gasteiger partial charge in [0.25, 0.3) is 0 Å². The van der Waals surface area contributed by atoms with Crippen molar-refractivity contribution in [3.63, 3.8) is 0 Å². The lowest BCUT2D eigenvalue weighted by Crippen LogP contribution is -2.65. The van der Waals surface area contributed by atoms with Gasteiger partial charge in [-0.05, 0) is 73.5 Å². The summed E-state index contributed by atoms with van der Waals surface area (Å²) in [6, 6.07) is 6.33. The van der Waals surface area contributed by atoms with Gasteiger partial charge in [0.05, 0.1) is 16.6 Å². The van der Waals surface area contributed by atoms with Crippen LogP contribution >= 0.6 is 23.2 Å². The molecule has 20 heavy (non-hydrogen) atoms. The molecule has 4 bridgehead atoms. The highest BCUT2D eigenvalue weighted by molar-refractivity contribution is 6.42. The number of quaternary nitrogens is 1. The van der Waals surface area contributed by atoms with Crippen LogP contribution in [-0.2, 0) is 5.41 Å². The second kappa shape index (κ2) is 4.38. The summed E-state index contributed by atoms with van der Waals surface area (Å²) in [7, 11) is 0. The van der Waals surface area contributed by atoms with Crippen LogP contribution in [0.25, 0.3) is 0 Å². The predicted molar refractivity (Wildman–Crippen MR) is 83.0 cm³/mol. The van der Waals surface area contributed by atoms with Gasteiger partial charge in [-0.2, -0.15) is 0 Å². The Hall–Kier alpha value is -0.240. The quantitative estimate of drug-likeness (QED) is 0.852. The Morgan fingerprint density at radius 3 is 2.35 bits per heavy atom. The molecular formula is C17H22Cl2N+. The van der Waals surface area contributed by atoms with Gasteiger partial charge < -0.3 is 5.73 Å². The molecule has 1 aromatic rings. The second-order valence-electron chi connectivity index (χ2n) is 7.62. The van der Waals surface area contributed by atoms with Crippen LogP contribution in [0.5, 0.6) is 0 Å². The summed E-state index contributed by atoms with van der Waals surface area (Å²) in [6.07, 6.45) is 8.29. The van der Waals surface area contributed by atoms with Crippen LogP contribution in [0.4, 0.5) is 0 Å². The Labute approximate surface area is 130 Å². The highest BCUT2D eigenvalue weighted by Gasteiger charge is 2.58. The summed E-state index contributed by atoms with van der Waals surface area (Å²) in [5.41, 5.74) is 6.58. The van der Waals surface area contributed by atoms with Gasteiger partial charge in [-0.3, -0.25) is 0 Å². The fourth-order valence-electron chi connectivity index (χ4n) is 5.91. The Bertz CT molecular complexity index is 540. The Balaban J connectivity index is 1.78. The van der Waals surface area contributed by atoms with Crippen LogP contribution in [0.15, 0.2) is 18.2 Å². The number of rotatable bonds is 2. The zero-order valence-electron chi connectivity index (χ0n) is 11.8. The highest BCUT2D eigenvalue weighted by Crippen LogP contribution is 2.65. The van der Waals surface area contributed by atoms with Gasteiger partial charge >= 0.3 is 0 Å². The third-order valence-electron chi connectivity index (χ3n) is 6.24. The van der Waals surface area contributed by atoms with Crippen LogP contribution in [0.2, 0.25) is 10.0 Å². The van der Waals surface area contributed by atoms with Crippen molar-refractivity contribution < 1.29 is 5.73 Å². The van der Waals surface area contributed by atoms with Crippen molar-refractivity contribution in [1.82, 2.24) is 0 Å². The monoisotopic (exact) mass is 310 g/mol. The minimum Gasteiger partial charge on any atom is -0.357 e. The number of hydrogen-bond donors (Lipinski definition) is 1. The van der Waals surface area contributed by atoms with Crippen LogP contribution < -0.4 is 5.73 Å². The Morgan fingerprint density at radius 1 is 1.05 bits per heavy atom. The summed E-state index contributed by atoms with van der Waals surface area (Å²) in [5.74, 6) is 1.82. The fraction of sp³-hybridized carbons (Fsp3) is 0.647. The van der Waals surface area contributed by atoms with E-state index < -0.39 is 0 Å². The standard InChI is InChI=1S/C17H21Cl2N/c18-14-2-1-13(4-15(14)19)17-7-11-3-12(8-17)6-16(5-11,9-17)10-20/h1-2,4,11-12H,3,5-10,20H2/p+1/t11-,12+,16?,17?. The molecule has 0 aromatic heterocycles. The van der Waals surface area contributed by atoms with E-state index in [2.05, 4.69) is 17.9 Å². The topological polar surface area (TPSA) is 27.6 Å². The maximum Gasteiger partial charge on any atom is 0.0797 e. The molecule has 0 radical (unpaired) electrons. The molecule has 4 aliphatic rings. The predicted octanol–water partition coefficient (Wildman–Crippen LogP) is 4.07. The largest absolute Gasteiger partial charge is 0.357 e. The molecule has 4 atom stereocenters. The Kier molecular flexibility index (Phi) is 2.94. The first-order valence-electron chi connectivity index (χ1n) is 7.79. The van der Waals surface area contributed by atoms with Gasteiger partial charge in [-0.25, -0.2) is 0 Å². The molecule has 3 heteroatoms. The highest BCUT2D eigenvalue weighted by atomic mass is 35.5. The van der Waals surface area contributed by atoms with Crippen molar-refractivity contribution in [3.8, 4) is 0 Å². The van der Waals surface area contributed by atoms with Gasteiger partial charge in [-0.1, -0.05) is 29.3 Å². The molecule has 1 aromatic carbocycles. The van der Waals surface area contributed by atoms with Gasteiger partial charge in [0.2, 0.25) is 0 Å². The minimum absolute atomic E-state index is 0.357. The summed E-state index contributed by atoms with van der Waals surface area (Å²) >= 11 is 12.4. The molecule has 0 aliphatic heterocycles. The van der Waals surface area contributed by atoms with E-state index in [9.17, 15) is 0 Å². The van der Waals surface area contributed by atoms with Crippen molar-refractivity contribution in [2.45, 2.75) is 43.9 Å². The van der Waals surface area contributed by atoms with Crippen LogP contribution in [0.1, 0.15) is 44.1 Å². The third kappa shape index (κ3) is 1.86. The van der Waals surface area contributed by atoms with E-state index in [4.69, 9.17) is 23.2 Å². The van der Waals surface area contributed by atoms with Crippen molar-refractivity contribution in [2.24, 2.45) is 17.3 Å². The van der Waals surface area contributed by atoms with Crippen molar-refractivity contribution in [3.05, 3.63) is 33.8 Å². The third-order valence-corrected chi connectivity index (χ3v) is 6.98. The first kappa shape index (κ1) is 13.4. The van der Waals surface area contributed by atoms with Gasteiger partial charge in [0.1, 0.15) is 0 Å².